The van der Waals surface area contributed by atoms with Crippen molar-refractivity contribution in [1.29, 1.82) is 0 Å². The Morgan fingerprint density at radius 3 is 2.73 bits per heavy atom. The number of rotatable bonds is 4. The molecule has 144 valence electrons. The fourth-order valence-corrected chi connectivity index (χ4v) is 3.84. The number of halogens is 3. The lowest BCUT2D eigenvalue weighted by Crippen LogP contribution is -2.49. The maximum Gasteiger partial charge on any atom is 0.416 e. The molecule has 2 fully saturated rings. The third-order valence-electron chi connectivity index (χ3n) is 5.21. The van der Waals surface area contributed by atoms with Crippen LogP contribution in [0.4, 0.5) is 13.2 Å². The Bertz CT molecular complexity index is 637. The van der Waals surface area contributed by atoms with Crippen molar-refractivity contribution >= 4 is 5.91 Å². The first-order valence-corrected chi connectivity index (χ1v) is 9.05. The van der Waals surface area contributed by atoms with E-state index in [4.69, 9.17) is 5.73 Å². The molecule has 0 radical (unpaired) electrons. The number of aryl methyl sites for hydroxylation is 1. The molecule has 3 unspecified atom stereocenters. The van der Waals surface area contributed by atoms with Crippen molar-refractivity contribution in [2.24, 2.45) is 11.7 Å². The van der Waals surface area contributed by atoms with Crippen LogP contribution < -0.4 is 16.6 Å². The van der Waals surface area contributed by atoms with Gasteiger partial charge in [-0.3, -0.25) is 4.79 Å². The van der Waals surface area contributed by atoms with E-state index in [1.54, 1.807) is 12.1 Å². The molecule has 5 nitrogen and oxygen atoms in total. The summed E-state index contributed by atoms with van der Waals surface area (Å²) in [7, 11) is 0. The summed E-state index contributed by atoms with van der Waals surface area (Å²) in [4.78, 5) is 14.4. The molecule has 2 aliphatic rings. The number of nitrogens with two attached hydrogens (primary N) is 1. The van der Waals surface area contributed by atoms with E-state index >= 15 is 0 Å². The summed E-state index contributed by atoms with van der Waals surface area (Å²) < 4.78 is 39.3. The van der Waals surface area contributed by atoms with Crippen LogP contribution in [0.25, 0.3) is 0 Å². The van der Waals surface area contributed by atoms with Gasteiger partial charge in [-0.15, -0.1) is 0 Å². The molecule has 1 aromatic carbocycles. The largest absolute Gasteiger partial charge is 0.416 e. The molecular weight excluding hydrogens is 345 g/mol. The predicted molar refractivity (Wildman–Crippen MR) is 91.7 cm³/mol. The van der Waals surface area contributed by atoms with Crippen molar-refractivity contribution in [3.63, 3.8) is 0 Å². The fourth-order valence-electron chi connectivity index (χ4n) is 3.84. The van der Waals surface area contributed by atoms with E-state index in [9.17, 15) is 18.0 Å². The molecule has 2 saturated heterocycles. The summed E-state index contributed by atoms with van der Waals surface area (Å²) in [5.74, 6) is 0.239. The number of carbonyl (C=O) groups is 1. The van der Waals surface area contributed by atoms with Crippen molar-refractivity contribution in [3.05, 3.63) is 35.4 Å². The maximum atomic E-state index is 13.1. The van der Waals surface area contributed by atoms with Crippen LogP contribution in [0.2, 0.25) is 0 Å². The van der Waals surface area contributed by atoms with Gasteiger partial charge >= 0.3 is 6.18 Å². The van der Waals surface area contributed by atoms with Crippen molar-refractivity contribution in [3.8, 4) is 0 Å². The molecule has 0 spiro atoms. The monoisotopic (exact) mass is 370 g/mol. The third kappa shape index (κ3) is 4.55. The number of nitrogens with one attached hydrogen (secondary N) is 2. The summed E-state index contributed by atoms with van der Waals surface area (Å²) in [6, 6.07) is 5.41. The molecule has 0 saturated carbocycles. The summed E-state index contributed by atoms with van der Waals surface area (Å²) in [6.45, 7) is 1.29. The number of carbonyl (C=O) groups excluding carboxylic acids is 1. The molecule has 2 heterocycles. The van der Waals surface area contributed by atoms with Gasteiger partial charge in [0.15, 0.2) is 0 Å². The van der Waals surface area contributed by atoms with E-state index in [2.05, 4.69) is 10.9 Å². The van der Waals surface area contributed by atoms with Crippen molar-refractivity contribution in [2.75, 3.05) is 13.1 Å². The summed E-state index contributed by atoms with van der Waals surface area (Å²) in [5, 5.41) is 0. The molecule has 8 heteroatoms. The SMILES string of the molecule is NC1CC(C(=O)N2CCCC(CCc3ccccc3C(F)(F)F)C2)NN1. The van der Waals surface area contributed by atoms with E-state index in [1.807, 2.05) is 4.90 Å². The molecule has 4 N–H and O–H groups in total. The average molecular weight is 370 g/mol. The lowest BCUT2D eigenvalue weighted by molar-refractivity contribution is -0.138. The highest BCUT2D eigenvalue weighted by Crippen LogP contribution is 2.33. The molecule has 0 bridgehead atoms. The second-order valence-electron chi connectivity index (χ2n) is 7.17. The van der Waals surface area contributed by atoms with Crippen LogP contribution in [-0.2, 0) is 17.4 Å². The van der Waals surface area contributed by atoms with Crippen molar-refractivity contribution in [2.45, 2.75) is 50.5 Å². The minimum atomic E-state index is -4.33. The van der Waals surface area contributed by atoms with Gasteiger partial charge in [0.25, 0.3) is 0 Å². The Morgan fingerprint density at radius 2 is 2.04 bits per heavy atom. The van der Waals surface area contributed by atoms with Gasteiger partial charge in [-0.05, 0) is 43.2 Å². The van der Waals surface area contributed by atoms with Crippen LogP contribution in [0.15, 0.2) is 24.3 Å². The van der Waals surface area contributed by atoms with Crippen LogP contribution in [0.5, 0.6) is 0 Å². The minimum Gasteiger partial charge on any atom is -0.341 e. The van der Waals surface area contributed by atoms with Crippen LogP contribution in [-0.4, -0.2) is 36.1 Å². The molecular formula is C18H25F3N4O. The zero-order valence-electron chi connectivity index (χ0n) is 14.6. The molecule has 2 aliphatic heterocycles. The van der Waals surface area contributed by atoms with Gasteiger partial charge in [0.2, 0.25) is 5.91 Å². The van der Waals surface area contributed by atoms with Crippen LogP contribution in [0, 0.1) is 5.92 Å². The van der Waals surface area contributed by atoms with Crippen LogP contribution in [0.3, 0.4) is 0 Å². The summed E-state index contributed by atoms with van der Waals surface area (Å²) in [6.07, 6.45) is -1.19. The number of hydrogen-bond acceptors (Lipinski definition) is 4. The quantitative estimate of drug-likeness (QED) is 0.759. The first-order valence-electron chi connectivity index (χ1n) is 9.05. The first-order chi connectivity index (χ1) is 12.3. The molecule has 1 amide bonds. The highest BCUT2D eigenvalue weighted by Gasteiger charge is 2.34. The Labute approximate surface area is 151 Å². The van der Waals surface area contributed by atoms with Gasteiger partial charge in [0.1, 0.15) is 6.04 Å². The van der Waals surface area contributed by atoms with Gasteiger partial charge in [-0.2, -0.15) is 13.2 Å². The number of alkyl halides is 3. The first kappa shape index (κ1) is 19.1. The zero-order chi connectivity index (χ0) is 18.7. The minimum absolute atomic E-state index is 0.0193. The molecule has 3 atom stereocenters. The van der Waals surface area contributed by atoms with Gasteiger partial charge in [0.05, 0.1) is 11.7 Å². The standard InChI is InChI=1S/C18H25F3N4O/c19-18(20,21)14-6-2-1-5-13(14)8-7-12-4-3-9-25(11-12)17(26)15-10-16(22)24-23-15/h1-2,5-6,12,15-16,23-24H,3-4,7-11,22H2. The van der Waals surface area contributed by atoms with E-state index in [0.29, 0.717) is 37.9 Å². The van der Waals surface area contributed by atoms with Crippen LogP contribution in [0.1, 0.15) is 36.8 Å². The number of nitrogens with zero attached hydrogens (tertiary/aromatic N) is 1. The number of benzene rings is 1. The fraction of sp³-hybridized carbons (Fsp3) is 0.611. The predicted octanol–water partition coefficient (Wildman–Crippen LogP) is 2.03. The van der Waals surface area contributed by atoms with Gasteiger partial charge in [0, 0.05) is 19.5 Å². The van der Waals surface area contributed by atoms with E-state index < -0.39 is 11.7 Å². The molecule has 26 heavy (non-hydrogen) atoms. The molecule has 0 aliphatic carbocycles. The van der Waals surface area contributed by atoms with Gasteiger partial charge < -0.3 is 10.6 Å². The Kier molecular flexibility index (Phi) is 5.84. The van der Waals surface area contributed by atoms with Crippen LogP contribution >= 0.6 is 0 Å². The number of hydrazine groups is 1. The third-order valence-corrected chi connectivity index (χ3v) is 5.21. The number of likely N-dealkylation sites (tertiary alicyclic amines) is 1. The zero-order valence-corrected chi connectivity index (χ0v) is 14.6. The summed E-state index contributed by atoms with van der Waals surface area (Å²) >= 11 is 0. The molecule has 1 aromatic rings. The van der Waals surface area contributed by atoms with E-state index in [1.165, 1.54) is 6.07 Å². The Morgan fingerprint density at radius 1 is 1.27 bits per heavy atom. The normalized spacial score (nSPS) is 26.9. The van der Waals surface area contributed by atoms with Crippen molar-refractivity contribution < 1.29 is 18.0 Å². The number of amides is 1. The topological polar surface area (TPSA) is 70.4 Å². The number of piperidine rings is 1. The Balaban J connectivity index is 1.57. The lowest BCUT2D eigenvalue weighted by atomic mass is 9.90. The highest BCUT2D eigenvalue weighted by atomic mass is 19.4. The lowest BCUT2D eigenvalue weighted by Gasteiger charge is -2.34. The van der Waals surface area contributed by atoms with E-state index in [-0.39, 0.29) is 24.0 Å². The summed E-state index contributed by atoms with van der Waals surface area (Å²) in [5.41, 5.74) is 11.3. The van der Waals surface area contributed by atoms with Gasteiger partial charge in [-0.25, -0.2) is 10.9 Å². The Hall–Kier alpha value is -1.64. The smallest absolute Gasteiger partial charge is 0.341 e. The van der Waals surface area contributed by atoms with Crippen molar-refractivity contribution in [1.82, 2.24) is 15.8 Å². The van der Waals surface area contributed by atoms with E-state index in [0.717, 1.165) is 18.9 Å². The second-order valence-corrected chi connectivity index (χ2v) is 7.17. The van der Waals surface area contributed by atoms with Gasteiger partial charge in [-0.1, -0.05) is 18.2 Å². The average Bonchev–Trinajstić information content (AvgIpc) is 3.05. The highest BCUT2D eigenvalue weighted by molar-refractivity contribution is 5.82. The maximum absolute atomic E-state index is 13.1. The second kappa shape index (κ2) is 7.94. The molecule has 0 aromatic heterocycles. The number of hydrogen-bond donors (Lipinski definition) is 3. The molecule has 3 rings (SSSR count).